The Morgan fingerprint density at radius 1 is 0.370 bits per heavy atom. The Morgan fingerprint density at radius 2 is 0.722 bits per heavy atom. The van der Waals surface area contributed by atoms with Gasteiger partial charge in [-0.3, -0.25) is 0 Å². The molecule has 0 saturated carbocycles. The summed E-state index contributed by atoms with van der Waals surface area (Å²) < 4.78 is 92.6. The Bertz CT molecular complexity index is 2640. The summed E-state index contributed by atoms with van der Waals surface area (Å²) >= 11 is 0. The number of rotatable bonds is 3. The summed E-state index contributed by atoms with van der Waals surface area (Å²) in [5, 5.41) is 3.23. The first-order valence-corrected chi connectivity index (χ1v) is 17.8. The van der Waals surface area contributed by atoms with Crippen molar-refractivity contribution in [2.75, 3.05) is 0 Å². The second-order valence-electron chi connectivity index (χ2n) is 16.1. The van der Waals surface area contributed by atoms with Crippen LogP contribution in [0.3, 0.4) is 0 Å². The molecule has 0 amide bonds. The van der Waals surface area contributed by atoms with E-state index in [1.54, 1.807) is 33.4 Å². The molecule has 0 saturated heterocycles. The molecular formula is C46H38F6N2. The van der Waals surface area contributed by atoms with E-state index in [2.05, 4.69) is 53.7 Å². The fourth-order valence-electron chi connectivity index (χ4n) is 7.67. The molecule has 0 unspecified atom stereocenters. The van der Waals surface area contributed by atoms with Crippen LogP contribution in [0.2, 0.25) is 0 Å². The summed E-state index contributed by atoms with van der Waals surface area (Å²) in [4.78, 5) is 0. The maximum Gasteiger partial charge on any atom is 0.418 e. The molecule has 0 radical (unpaired) electrons. The highest BCUT2D eigenvalue weighted by Gasteiger charge is 2.37. The van der Waals surface area contributed by atoms with E-state index >= 15 is 13.2 Å². The van der Waals surface area contributed by atoms with Gasteiger partial charge in [0.25, 0.3) is 0 Å². The quantitative estimate of drug-likeness (QED) is 0.160. The minimum atomic E-state index is -4.72. The summed E-state index contributed by atoms with van der Waals surface area (Å²) in [6, 6.07) is 33.9. The van der Waals surface area contributed by atoms with Crippen molar-refractivity contribution in [2.24, 2.45) is 0 Å². The number of nitrogens with zero attached hydrogens (tertiary/aromatic N) is 2. The number of para-hydroxylation sites is 2. The van der Waals surface area contributed by atoms with E-state index in [1.807, 2.05) is 48.5 Å². The van der Waals surface area contributed by atoms with E-state index in [0.717, 1.165) is 44.8 Å². The highest BCUT2D eigenvalue weighted by atomic mass is 19.4. The summed E-state index contributed by atoms with van der Waals surface area (Å²) in [5.41, 5.74) is 2.83. The second-order valence-corrected chi connectivity index (χ2v) is 16.1. The molecule has 2 aromatic heterocycles. The Balaban J connectivity index is 1.42. The topological polar surface area (TPSA) is 9.86 Å². The number of alkyl halides is 6. The maximum absolute atomic E-state index is 15.0. The fourth-order valence-corrected chi connectivity index (χ4v) is 7.67. The maximum atomic E-state index is 15.0. The van der Waals surface area contributed by atoms with Crippen molar-refractivity contribution >= 4 is 43.6 Å². The predicted molar refractivity (Wildman–Crippen MR) is 208 cm³/mol. The second kappa shape index (κ2) is 12.0. The minimum absolute atomic E-state index is 0.106. The van der Waals surface area contributed by atoms with E-state index in [9.17, 15) is 13.2 Å². The van der Waals surface area contributed by atoms with Gasteiger partial charge in [-0.25, -0.2) is 0 Å². The molecular weight excluding hydrogens is 695 g/mol. The van der Waals surface area contributed by atoms with Gasteiger partial charge in [0.1, 0.15) is 0 Å². The third-order valence-corrected chi connectivity index (χ3v) is 10.5. The largest absolute Gasteiger partial charge is 0.418 e. The number of benzene rings is 6. The molecule has 0 N–H and O–H groups in total. The van der Waals surface area contributed by atoms with Crippen molar-refractivity contribution in [3.63, 3.8) is 0 Å². The number of halogens is 6. The highest BCUT2D eigenvalue weighted by Crippen LogP contribution is 2.44. The molecule has 0 bridgehead atoms. The van der Waals surface area contributed by atoms with E-state index in [0.29, 0.717) is 33.2 Å². The van der Waals surface area contributed by atoms with Crippen molar-refractivity contribution < 1.29 is 26.3 Å². The lowest BCUT2D eigenvalue weighted by atomic mass is 9.85. The van der Waals surface area contributed by atoms with Gasteiger partial charge in [-0.2, -0.15) is 26.3 Å². The molecule has 274 valence electrons. The third-order valence-electron chi connectivity index (χ3n) is 10.5. The predicted octanol–water partition coefficient (Wildman–Crippen LogP) is 14.2. The zero-order valence-corrected chi connectivity index (χ0v) is 30.7. The molecule has 8 rings (SSSR count). The molecule has 54 heavy (non-hydrogen) atoms. The number of hydrogen-bond donors (Lipinski definition) is 0. The Hall–Kier alpha value is -5.50. The van der Waals surface area contributed by atoms with Gasteiger partial charge in [0.2, 0.25) is 0 Å². The average molecular weight is 733 g/mol. The highest BCUT2D eigenvalue weighted by molar-refractivity contribution is 6.11. The molecule has 2 nitrogen and oxygen atoms in total. The monoisotopic (exact) mass is 732 g/mol. The van der Waals surface area contributed by atoms with Crippen LogP contribution in [0.5, 0.6) is 0 Å². The first-order chi connectivity index (χ1) is 25.3. The molecule has 0 aliphatic rings. The lowest BCUT2D eigenvalue weighted by Crippen LogP contribution is -2.12. The molecule has 0 atom stereocenters. The molecule has 8 heteroatoms. The van der Waals surface area contributed by atoms with E-state index in [4.69, 9.17) is 0 Å². The molecule has 0 spiro atoms. The Labute approximate surface area is 309 Å². The SMILES string of the molecule is CC(C)(C)c1ccc2c(c1)c1cc(C(C)(C)C)ccc1n2-c1cc(-c2ccc(C(F)(F)F)c(-n3c4ccccc4c4ccccc43)c2)ccc1C(F)(F)F. The normalized spacial score (nSPS) is 13.2. The van der Waals surface area contributed by atoms with E-state index in [-0.39, 0.29) is 22.2 Å². The van der Waals surface area contributed by atoms with Crippen LogP contribution >= 0.6 is 0 Å². The summed E-state index contributed by atoms with van der Waals surface area (Å²) in [7, 11) is 0. The lowest BCUT2D eigenvalue weighted by molar-refractivity contribution is -0.138. The van der Waals surface area contributed by atoms with Crippen molar-refractivity contribution in [1.82, 2.24) is 9.13 Å². The van der Waals surface area contributed by atoms with Gasteiger partial charge >= 0.3 is 12.4 Å². The van der Waals surface area contributed by atoms with Crippen LogP contribution in [0.25, 0.3) is 66.1 Å². The zero-order chi connectivity index (χ0) is 38.5. The third kappa shape index (κ3) is 5.83. The van der Waals surface area contributed by atoms with Gasteiger partial charge in [-0.05, 0) is 93.7 Å². The van der Waals surface area contributed by atoms with Gasteiger partial charge in [-0.15, -0.1) is 0 Å². The van der Waals surface area contributed by atoms with E-state index < -0.39 is 23.5 Å². The van der Waals surface area contributed by atoms with Crippen LogP contribution in [0.4, 0.5) is 26.3 Å². The van der Waals surface area contributed by atoms with Crippen LogP contribution in [-0.2, 0) is 23.2 Å². The number of aromatic nitrogens is 2. The molecule has 8 aromatic rings. The summed E-state index contributed by atoms with van der Waals surface area (Å²) in [6.07, 6.45) is -9.42. The smallest absolute Gasteiger partial charge is 0.309 e. The summed E-state index contributed by atoms with van der Waals surface area (Å²) in [6.45, 7) is 12.6. The standard InChI is InChI=1S/C46H38F6N2/c1-43(2,3)29-17-21-39-33(25-29)34-26-30(44(4,5)6)18-22-40(34)54(39)42-24-28(16-20-36(42)46(50,51)52)27-15-19-35(45(47,48)49)41(23-27)53-37-13-9-7-11-31(37)32-12-8-10-14-38(32)53/h7-26H,1-6H3. The van der Waals surface area contributed by atoms with Crippen molar-refractivity contribution in [2.45, 2.75) is 64.7 Å². The van der Waals surface area contributed by atoms with Crippen LogP contribution in [0.15, 0.2) is 121 Å². The average Bonchev–Trinajstić information content (AvgIpc) is 3.62. The van der Waals surface area contributed by atoms with Crippen LogP contribution in [0, 0.1) is 0 Å². The van der Waals surface area contributed by atoms with Crippen molar-refractivity contribution in [3.05, 3.63) is 144 Å². The van der Waals surface area contributed by atoms with Gasteiger partial charge in [-0.1, -0.05) is 102 Å². The zero-order valence-electron chi connectivity index (χ0n) is 30.7. The summed E-state index contributed by atoms with van der Waals surface area (Å²) in [5.74, 6) is 0. The molecule has 0 aliphatic carbocycles. The van der Waals surface area contributed by atoms with Crippen molar-refractivity contribution in [3.8, 4) is 22.5 Å². The first kappa shape index (κ1) is 35.5. The van der Waals surface area contributed by atoms with E-state index in [1.165, 1.54) is 24.3 Å². The van der Waals surface area contributed by atoms with Gasteiger partial charge in [0.05, 0.1) is 44.6 Å². The molecule has 2 heterocycles. The minimum Gasteiger partial charge on any atom is -0.309 e. The first-order valence-electron chi connectivity index (χ1n) is 17.8. The lowest BCUT2D eigenvalue weighted by Gasteiger charge is -2.21. The Morgan fingerprint density at radius 3 is 1.07 bits per heavy atom. The fraction of sp³-hybridized carbons (Fsp3) is 0.217. The van der Waals surface area contributed by atoms with Crippen LogP contribution < -0.4 is 0 Å². The Kier molecular flexibility index (Phi) is 7.90. The molecule has 0 fully saturated rings. The van der Waals surface area contributed by atoms with Crippen LogP contribution in [0.1, 0.15) is 63.8 Å². The molecule has 0 aliphatic heterocycles. The number of hydrogen-bond acceptors (Lipinski definition) is 0. The van der Waals surface area contributed by atoms with Crippen LogP contribution in [-0.4, -0.2) is 9.13 Å². The van der Waals surface area contributed by atoms with Gasteiger partial charge in [0.15, 0.2) is 0 Å². The molecule has 6 aromatic carbocycles. The van der Waals surface area contributed by atoms with Gasteiger partial charge in [0, 0.05) is 21.5 Å². The number of fused-ring (bicyclic) bond motifs is 6. The van der Waals surface area contributed by atoms with Gasteiger partial charge < -0.3 is 9.13 Å². The van der Waals surface area contributed by atoms with Crippen molar-refractivity contribution in [1.29, 1.82) is 0 Å².